The van der Waals surface area contributed by atoms with Gasteiger partial charge in [-0.05, 0) is 19.3 Å². The van der Waals surface area contributed by atoms with Crippen LogP contribution < -0.4 is 10.3 Å². The topological polar surface area (TPSA) is 82.0 Å². The lowest BCUT2D eigenvalue weighted by molar-refractivity contribution is -0.120. The van der Waals surface area contributed by atoms with Gasteiger partial charge < -0.3 is 19.0 Å². The van der Waals surface area contributed by atoms with Crippen LogP contribution in [-0.4, -0.2) is 39.3 Å². The minimum absolute atomic E-state index is 0.00406. The third kappa shape index (κ3) is 3.32. The lowest BCUT2D eigenvalue weighted by Gasteiger charge is -2.37. The molecule has 0 bridgehead atoms. The van der Waals surface area contributed by atoms with E-state index in [1.54, 1.807) is 6.33 Å². The molecule has 0 radical (unpaired) electrons. The Morgan fingerprint density at radius 2 is 2.28 bits per heavy atom. The molecule has 2 aliphatic rings. The molecule has 0 unspecified atom stereocenters. The van der Waals surface area contributed by atoms with E-state index in [0.717, 1.165) is 49.4 Å². The first-order valence-corrected chi connectivity index (χ1v) is 9.48. The zero-order valence-electron chi connectivity index (χ0n) is 14.5. The van der Waals surface area contributed by atoms with Gasteiger partial charge in [-0.15, -0.1) is 0 Å². The monoisotopic (exact) mass is 362 g/mol. The summed E-state index contributed by atoms with van der Waals surface area (Å²) in [6.45, 7) is 4.19. The number of rotatable bonds is 6. The molecule has 1 fully saturated rings. The van der Waals surface area contributed by atoms with Crippen LogP contribution in [0.2, 0.25) is 0 Å². The Kier molecular flexibility index (Phi) is 4.33. The van der Waals surface area contributed by atoms with Gasteiger partial charge in [-0.1, -0.05) is 18.7 Å². The molecule has 0 saturated carbocycles. The number of aromatic nitrogens is 4. The second kappa shape index (κ2) is 6.49. The number of fused-ring (bicyclic) bond motifs is 1. The van der Waals surface area contributed by atoms with E-state index >= 15 is 0 Å². The van der Waals surface area contributed by atoms with Crippen LogP contribution in [0.4, 0.5) is 0 Å². The summed E-state index contributed by atoms with van der Waals surface area (Å²) >= 11 is 1.51. The Morgan fingerprint density at radius 1 is 1.44 bits per heavy atom. The van der Waals surface area contributed by atoms with Crippen molar-refractivity contribution in [3.8, 4) is 5.88 Å². The van der Waals surface area contributed by atoms with Crippen LogP contribution in [0.25, 0.3) is 0 Å². The molecule has 134 valence electrons. The van der Waals surface area contributed by atoms with E-state index in [4.69, 9.17) is 9.47 Å². The van der Waals surface area contributed by atoms with Gasteiger partial charge in [0, 0.05) is 23.8 Å². The Morgan fingerprint density at radius 3 is 3.04 bits per heavy atom. The van der Waals surface area contributed by atoms with E-state index in [1.807, 2.05) is 11.6 Å². The lowest BCUT2D eigenvalue weighted by Crippen LogP contribution is -2.44. The number of aryl methyl sites for hydroxylation is 2. The summed E-state index contributed by atoms with van der Waals surface area (Å²) in [5, 5.41) is 0.664. The summed E-state index contributed by atoms with van der Waals surface area (Å²) in [6.07, 6.45) is 4.50. The Labute approximate surface area is 150 Å². The highest BCUT2D eigenvalue weighted by molar-refractivity contribution is 7.98. The summed E-state index contributed by atoms with van der Waals surface area (Å²) in [6, 6.07) is 0. The fourth-order valence-electron chi connectivity index (χ4n) is 3.12. The van der Waals surface area contributed by atoms with Gasteiger partial charge >= 0.3 is 0 Å². The molecule has 1 aliphatic carbocycles. The lowest BCUT2D eigenvalue weighted by atomic mass is 9.90. The van der Waals surface area contributed by atoms with Crippen molar-refractivity contribution in [2.75, 3.05) is 19.8 Å². The maximum atomic E-state index is 12.1. The Hall–Kier alpha value is -1.80. The molecule has 1 aliphatic heterocycles. The van der Waals surface area contributed by atoms with Crippen molar-refractivity contribution in [3.63, 3.8) is 0 Å². The highest BCUT2D eigenvalue weighted by Gasteiger charge is 2.34. The molecule has 3 heterocycles. The van der Waals surface area contributed by atoms with E-state index in [0.29, 0.717) is 23.4 Å². The summed E-state index contributed by atoms with van der Waals surface area (Å²) in [7, 11) is 1.95. The van der Waals surface area contributed by atoms with Crippen molar-refractivity contribution >= 4 is 11.8 Å². The van der Waals surface area contributed by atoms with Gasteiger partial charge in [0.05, 0.1) is 37.5 Å². The standard InChI is InChI=1S/C17H22N4O3S/c1-17(7-23-8-17)9-24-15-13(21(2)10-18-15)6-25-16-19-12-5-3-4-11(12)14(22)20-16/h10H,3-9H2,1-2H3,(H,19,20,22). The van der Waals surface area contributed by atoms with Gasteiger partial charge in [-0.25, -0.2) is 9.97 Å². The van der Waals surface area contributed by atoms with Crippen LogP contribution in [0.3, 0.4) is 0 Å². The van der Waals surface area contributed by atoms with Crippen LogP contribution in [0, 0.1) is 5.41 Å². The normalized spacial score (nSPS) is 18.0. The van der Waals surface area contributed by atoms with Gasteiger partial charge in [0.25, 0.3) is 5.56 Å². The van der Waals surface area contributed by atoms with E-state index in [2.05, 4.69) is 21.9 Å². The fraction of sp³-hybridized carbons (Fsp3) is 0.588. The second-order valence-corrected chi connectivity index (χ2v) is 8.10. The van der Waals surface area contributed by atoms with Crippen molar-refractivity contribution in [2.24, 2.45) is 12.5 Å². The first-order valence-electron chi connectivity index (χ1n) is 8.50. The number of nitrogens with zero attached hydrogens (tertiary/aromatic N) is 3. The number of imidazole rings is 1. The zero-order chi connectivity index (χ0) is 17.4. The van der Waals surface area contributed by atoms with Crippen molar-refractivity contribution in [2.45, 2.75) is 37.1 Å². The molecule has 4 rings (SSSR count). The van der Waals surface area contributed by atoms with E-state index < -0.39 is 0 Å². The Bertz CT molecular complexity index is 841. The maximum Gasteiger partial charge on any atom is 0.254 e. The van der Waals surface area contributed by atoms with Gasteiger partial charge in [0.1, 0.15) is 0 Å². The fourth-order valence-corrected chi connectivity index (χ4v) is 4.06. The van der Waals surface area contributed by atoms with Crippen molar-refractivity contribution in [1.82, 2.24) is 19.5 Å². The SMILES string of the molecule is Cn1cnc(OCC2(C)COC2)c1CSc1nc2c(c(=O)[nH]1)CCC2. The van der Waals surface area contributed by atoms with Crippen LogP contribution >= 0.6 is 11.8 Å². The number of hydrogen-bond donors (Lipinski definition) is 1. The van der Waals surface area contributed by atoms with Crippen LogP contribution in [0.15, 0.2) is 16.3 Å². The summed E-state index contributed by atoms with van der Waals surface area (Å²) < 4.78 is 13.1. The third-order valence-electron chi connectivity index (χ3n) is 4.74. The number of nitrogens with one attached hydrogen (secondary N) is 1. The quantitative estimate of drug-likeness (QED) is 0.622. The van der Waals surface area contributed by atoms with E-state index in [9.17, 15) is 4.79 Å². The largest absolute Gasteiger partial charge is 0.476 e. The predicted octanol–water partition coefficient (Wildman–Crippen LogP) is 1.70. The summed E-state index contributed by atoms with van der Waals surface area (Å²) in [5.74, 6) is 1.28. The highest BCUT2D eigenvalue weighted by atomic mass is 32.2. The molecule has 25 heavy (non-hydrogen) atoms. The first kappa shape index (κ1) is 16.7. The molecule has 2 aromatic rings. The molecule has 1 N–H and O–H groups in total. The number of aromatic amines is 1. The van der Waals surface area contributed by atoms with Gasteiger partial charge in [-0.2, -0.15) is 0 Å². The van der Waals surface area contributed by atoms with Crippen LogP contribution in [-0.2, 0) is 30.4 Å². The molecular formula is C17H22N4O3S. The number of ether oxygens (including phenoxy) is 2. The molecular weight excluding hydrogens is 340 g/mol. The zero-order valence-corrected chi connectivity index (χ0v) is 15.3. The predicted molar refractivity (Wildman–Crippen MR) is 94.1 cm³/mol. The van der Waals surface area contributed by atoms with Crippen molar-refractivity contribution in [1.29, 1.82) is 0 Å². The van der Waals surface area contributed by atoms with Crippen LogP contribution in [0.5, 0.6) is 5.88 Å². The smallest absolute Gasteiger partial charge is 0.254 e. The second-order valence-electron chi connectivity index (χ2n) is 7.14. The molecule has 7 nitrogen and oxygen atoms in total. The average Bonchev–Trinajstić information content (AvgIpc) is 3.16. The first-order chi connectivity index (χ1) is 12.0. The molecule has 0 atom stereocenters. The molecule has 0 spiro atoms. The molecule has 2 aromatic heterocycles. The Balaban J connectivity index is 1.45. The minimum Gasteiger partial charge on any atom is -0.476 e. The van der Waals surface area contributed by atoms with Gasteiger partial charge in [-0.3, -0.25) is 4.79 Å². The maximum absolute atomic E-state index is 12.1. The molecule has 0 amide bonds. The number of thioether (sulfide) groups is 1. The summed E-state index contributed by atoms with van der Waals surface area (Å²) in [5.41, 5.74) is 2.87. The van der Waals surface area contributed by atoms with Gasteiger partial charge in [0.2, 0.25) is 5.88 Å². The highest BCUT2D eigenvalue weighted by Crippen LogP contribution is 2.30. The average molecular weight is 362 g/mol. The van der Waals surface area contributed by atoms with Crippen molar-refractivity contribution in [3.05, 3.63) is 33.6 Å². The number of H-pyrrole nitrogens is 1. The minimum atomic E-state index is 0.00406. The third-order valence-corrected chi connectivity index (χ3v) is 5.63. The van der Waals surface area contributed by atoms with E-state index in [-0.39, 0.29) is 11.0 Å². The molecule has 1 saturated heterocycles. The van der Waals surface area contributed by atoms with Crippen LogP contribution in [0.1, 0.15) is 30.3 Å². The number of hydrogen-bond acceptors (Lipinski definition) is 6. The summed E-state index contributed by atoms with van der Waals surface area (Å²) in [4.78, 5) is 24.0. The molecule has 0 aromatic carbocycles. The van der Waals surface area contributed by atoms with E-state index in [1.165, 1.54) is 11.8 Å². The molecule has 8 heteroatoms. The van der Waals surface area contributed by atoms with Crippen molar-refractivity contribution < 1.29 is 9.47 Å². The van der Waals surface area contributed by atoms with Gasteiger partial charge in [0.15, 0.2) is 5.16 Å².